The standard InChI is InChI=1S/C22H22N2O2S/c1-15-20(14-22(26)24-11-9-18(25)10-12-24)27-21(23-15)13-17-7-4-6-16-5-2-3-8-19(16)17/h2-8H,9-14H2,1H3. The van der Waals surface area contributed by atoms with Gasteiger partial charge in [0, 0.05) is 37.2 Å². The Labute approximate surface area is 162 Å². The zero-order valence-electron chi connectivity index (χ0n) is 15.4. The van der Waals surface area contributed by atoms with E-state index in [0.717, 1.165) is 22.0 Å². The summed E-state index contributed by atoms with van der Waals surface area (Å²) < 4.78 is 0. The number of rotatable bonds is 4. The van der Waals surface area contributed by atoms with Crippen molar-refractivity contribution in [2.24, 2.45) is 0 Å². The SMILES string of the molecule is Cc1nc(Cc2cccc3ccccc23)sc1CC(=O)N1CCC(=O)CC1. The number of ketones is 1. The van der Waals surface area contributed by atoms with Crippen LogP contribution >= 0.6 is 11.3 Å². The molecule has 138 valence electrons. The minimum absolute atomic E-state index is 0.103. The average molecular weight is 378 g/mol. The number of fused-ring (bicyclic) bond motifs is 1. The van der Waals surface area contributed by atoms with Crippen LogP contribution in [0.5, 0.6) is 0 Å². The molecule has 27 heavy (non-hydrogen) atoms. The lowest BCUT2D eigenvalue weighted by atomic mass is 10.0. The number of benzene rings is 2. The van der Waals surface area contributed by atoms with Gasteiger partial charge in [-0.2, -0.15) is 0 Å². The summed E-state index contributed by atoms with van der Waals surface area (Å²) in [5.41, 5.74) is 2.20. The Balaban J connectivity index is 1.50. The quantitative estimate of drug-likeness (QED) is 0.691. The number of carbonyl (C=O) groups excluding carboxylic acids is 2. The van der Waals surface area contributed by atoms with Crippen LogP contribution in [-0.2, 0) is 22.4 Å². The molecule has 1 aliphatic rings. The highest BCUT2D eigenvalue weighted by atomic mass is 32.1. The molecule has 0 aliphatic carbocycles. The Morgan fingerprint density at radius 3 is 2.67 bits per heavy atom. The lowest BCUT2D eigenvalue weighted by Crippen LogP contribution is -2.39. The van der Waals surface area contributed by atoms with E-state index in [1.54, 1.807) is 11.3 Å². The number of thiazole rings is 1. The lowest BCUT2D eigenvalue weighted by molar-refractivity contribution is -0.133. The van der Waals surface area contributed by atoms with Crippen LogP contribution in [0.25, 0.3) is 10.8 Å². The van der Waals surface area contributed by atoms with E-state index in [4.69, 9.17) is 4.98 Å². The first-order valence-corrected chi connectivity index (χ1v) is 10.1. The molecule has 0 saturated carbocycles. The highest BCUT2D eigenvalue weighted by Gasteiger charge is 2.22. The summed E-state index contributed by atoms with van der Waals surface area (Å²) in [7, 11) is 0. The molecule has 3 aromatic rings. The molecule has 1 fully saturated rings. The Bertz CT molecular complexity index is 993. The number of hydrogen-bond acceptors (Lipinski definition) is 4. The molecule has 5 heteroatoms. The number of nitrogens with zero attached hydrogens (tertiary/aromatic N) is 2. The van der Waals surface area contributed by atoms with Crippen molar-refractivity contribution in [2.75, 3.05) is 13.1 Å². The third-order valence-electron chi connectivity index (χ3n) is 5.14. The van der Waals surface area contributed by atoms with E-state index in [9.17, 15) is 9.59 Å². The minimum Gasteiger partial charge on any atom is -0.342 e. The minimum atomic E-state index is 0.103. The molecular weight excluding hydrogens is 356 g/mol. The summed E-state index contributed by atoms with van der Waals surface area (Å²) in [6.07, 6.45) is 2.13. The van der Waals surface area contributed by atoms with Crippen molar-refractivity contribution in [2.45, 2.75) is 32.6 Å². The number of piperidine rings is 1. The molecule has 1 aromatic heterocycles. The molecule has 0 unspecified atom stereocenters. The number of likely N-dealkylation sites (tertiary alicyclic amines) is 1. The Kier molecular flexibility index (Phi) is 5.03. The summed E-state index contributed by atoms with van der Waals surface area (Å²) in [6, 6.07) is 14.7. The largest absolute Gasteiger partial charge is 0.342 e. The van der Waals surface area contributed by atoms with Gasteiger partial charge in [-0.25, -0.2) is 4.98 Å². The summed E-state index contributed by atoms with van der Waals surface area (Å²) in [6.45, 7) is 3.09. The predicted octanol–water partition coefficient (Wildman–Crippen LogP) is 3.93. The van der Waals surface area contributed by atoms with E-state index in [1.165, 1.54) is 16.3 Å². The van der Waals surface area contributed by atoms with Gasteiger partial charge in [-0.3, -0.25) is 9.59 Å². The Hall–Kier alpha value is -2.53. The lowest BCUT2D eigenvalue weighted by Gasteiger charge is -2.25. The fourth-order valence-corrected chi connectivity index (χ4v) is 4.68. The van der Waals surface area contributed by atoms with Gasteiger partial charge in [0.25, 0.3) is 0 Å². The second kappa shape index (κ2) is 7.61. The number of amides is 1. The first-order chi connectivity index (χ1) is 13.1. The van der Waals surface area contributed by atoms with Gasteiger partial charge in [0.15, 0.2) is 0 Å². The van der Waals surface area contributed by atoms with Crippen LogP contribution < -0.4 is 0 Å². The smallest absolute Gasteiger partial charge is 0.227 e. The van der Waals surface area contributed by atoms with Crippen molar-refractivity contribution in [3.63, 3.8) is 0 Å². The van der Waals surface area contributed by atoms with Gasteiger partial charge in [0.2, 0.25) is 5.91 Å². The molecular formula is C22H22N2O2S. The van der Waals surface area contributed by atoms with E-state index < -0.39 is 0 Å². The van der Waals surface area contributed by atoms with Gasteiger partial charge in [-0.1, -0.05) is 42.5 Å². The molecule has 0 radical (unpaired) electrons. The predicted molar refractivity (Wildman–Crippen MR) is 108 cm³/mol. The summed E-state index contributed by atoms with van der Waals surface area (Å²) in [5, 5.41) is 3.53. The van der Waals surface area contributed by atoms with E-state index >= 15 is 0 Å². The maximum atomic E-state index is 12.6. The molecule has 1 aliphatic heterocycles. The third kappa shape index (κ3) is 3.93. The van der Waals surface area contributed by atoms with Crippen molar-refractivity contribution in [3.8, 4) is 0 Å². The van der Waals surface area contributed by atoms with E-state index in [1.807, 2.05) is 11.8 Å². The zero-order chi connectivity index (χ0) is 18.8. The first kappa shape index (κ1) is 17.9. The van der Waals surface area contributed by atoms with Crippen molar-refractivity contribution >= 4 is 33.8 Å². The number of aromatic nitrogens is 1. The number of hydrogen-bond donors (Lipinski definition) is 0. The first-order valence-electron chi connectivity index (χ1n) is 9.31. The summed E-state index contributed by atoms with van der Waals surface area (Å²) >= 11 is 1.63. The topological polar surface area (TPSA) is 50.3 Å². The van der Waals surface area contributed by atoms with Crippen molar-refractivity contribution in [1.82, 2.24) is 9.88 Å². The molecule has 2 aromatic carbocycles. The molecule has 4 rings (SSSR count). The Morgan fingerprint density at radius 2 is 1.85 bits per heavy atom. The fraction of sp³-hybridized carbons (Fsp3) is 0.318. The zero-order valence-corrected chi connectivity index (χ0v) is 16.2. The van der Waals surface area contributed by atoms with E-state index in [-0.39, 0.29) is 11.7 Å². The number of Topliss-reactive ketones (excluding diaryl/α,β-unsaturated/α-hetero) is 1. The van der Waals surface area contributed by atoms with Gasteiger partial charge in [-0.15, -0.1) is 11.3 Å². The van der Waals surface area contributed by atoms with Gasteiger partial charge >= 0.3 is 0 Å². The molecule has 4 nitrogen and oxygen atoms in total. The second-order valence-corrected chi connectivity index (χ2v) is 8.20. The average Bonchev–Trinajstić information content (AvgIpc) is 3.01. The highest BCUT2D eigenvalue weighted by Crippen LogP contribution is 2.26. The number of carbonyl (C=O) groups is 2. The number of aryl methyl sites for hydroxylation is 1. The molecule has 0 spiro atoms. The second-order valence-electron chi connectivity index (χ2n) is 7.03. The van der Waals surface area contributed by atoms with E-state index in [2.05, 4.69) is 42.5 Å². The van der Waals surface area contributed by atoms with Gasteiger partial charge in [0.05, 0.1) is 17.1 Å². The maximum Gasteiger partial charge on any atom is 0.227 e. The van der Waals surface area contributed by atoms with Gasteiger partial charge in [-0.05, 0) is 23.3 Å². The van der Waals surface area contributed by atoms with Gasteiger partial charge in [0.1, 0.15) is 5.78 Å². The van der Waals surface area contributed by atoms with Crippen LogP contribution in [0.3, 0.4) is 0 Å². The van der Waals surface area contributed by atoms with Crippen LogP contribution in [0, 0.1) is 6.92 Å². The third-order valence-corrected chi connectivity index (χ3v) is 6.30. The molecule has 0 bridgehead atoms. The van der Waals surface area contributed by atoms with Crippen LogP contribution in [0.4, 0.5) is 0 Å². The van der Waals surface area contributed by atoms with Crippen molar-refractivity contribution in [3.05, 3.63) is 63.6 Å². The summed E-state index contributed by atoms with van der Waals surface area (Å²) in [4.78, 5) is 31.5. The van der Waals surface area contributed by atoms with Crippen molar-refractivity contribution in [1.29, 1.82) is 0 Å². The van der Waals surface area contributed by atoms with Crippen molar-refractivity contribution < 1.29 is 9.59 Å². The van der Waals surface area contributed by atoms with Crippen LogP contribution in [0.2, 0.25) is 0 Å². The Morgan fingerprint density at radius 1 is 1.11 bits per heavy atom. The van der Waals surface area contributed by atoms with E-state index in [0.29, 0.717) is 32.4 Å². The molecule has 1 saturated heterocycles. The van der Waals surface area contributed by atoms with Crippen LogP contribution in [0.15, 0.2) is 42.5 Å². The highest BCUT2D eigenvalue weighted by molar-refractivity contribution is 7.11. The fourth-order valence-electron chi connectivity index (χ4n) is 3.59. The molecule has 0 atom stereocenters. The van der Waals surface area contributed by atoms with Crippen LogP contribution in [0.1, 0.15) is 34.0 Å². The molecule has 1 amide bonds. The normalized spacial score (nSPS) is 14.7. The summed E-state index contributed by atoms with van der Waals surface area (Å²) in [5.74, 6) is 0.358. The maximum absolute atomic E-state index is 12.6. The molecule has 0 N–H and O–H groups in total. The molecule has 2 heterocycles. The monoisotopic (exact) mass is 378 g/mol. The van der Waals surface area contributed by atoms with Crippen LogP contribution in [-0.4, -0.2) is 34.7 Å². The van der Waals surface area contributed by atoms with Gasteiger partial charge < -0.3 is 4.90 Å².